The van der Waals surface area contributed by atoms with Crippen LogP contribution in [0.3, 0.4) is 0 Å². The van der Waals surface area contributed by atoms with E-state index in [2.05, 4.69) is 20.8 Å². The summed E-state index contributed by atoms with van der Waals surface area (Å²) in [5.41, 5.74) is 0.0379. The maximum atomic E-state index is 12.4. The maximum absolute atomic E-state index is 12.4. The molecule has 1 amide bonds. The number of carbonyl (C=O) groups is 1. The van der Waals surface area contributed by atoms with Crippen LogP contribution in [0.5, 0.6) is 0 Å². The lowest BCUT2D eigenvalue weighted by Crippen LogP contribution is -2.23. The first-order valence-corrected chi connectivity index (χ1v) is 8.71. The SMILES string of the molecule is CC(C)Cn1nnnc1SC(C)C(=O)Nc1cc([N+](=O)[O-])ccc1Cl. The van der Waals surface area contributed by atoms with Gasteiger partial charge in [0.15, 0.2) is 0 Å². The summed E-state index contributed by atoms with van der Waals surface area (Å²) in [5, 5.41) is 25.1. The summed E-state index contributed by atoms with van der Waals surface area (Å²) in [6.45, 7) is 6.41. The molecule has 1 atom stereocenters. The molecule has 0 radical (unpaired) electrons. The molecule has 9 nitrogen and oxygen atoms in total. The number of benzene rings is 1. The Hall–Kier alpha value is -2.20. The zero-order valence-corrected chi connectivity index (χ0v) is 15.4. The molecule has 1 heterocycles. The monoisotopic (exact) mass is 384 g/mol. The lowest BCUT2D eigenvalue weighted by molar-refractivity contribution is -0.384. The van der Waals surface area contributed by atoms with Crippen LogP contribution in [0.15, 0.2) is 23.4 Å². The summed E-state index contributed by atoms with van der Waals surface area (Å²) in [6.07, 6.45) is 0. The van der Waals surface area contributed by atoms with Crippen LogP contribution in [0.1, 0.15) is 20.8 Å². The smallest absolute Gasteiger partial charge is 0.271 e. The van der Waals surface area contributed by atoms with Crippen LogP contribution in [0.2, 0.25) is 5.02 Å². The predicted octanol–water partition coefficient (Wildman–Crippen LogP) is 3.01. The van der Waals surface area contributed by atoms with Crippen molar-refractivity contribution in [3.63, 3.8) is 0 Å². The largest absolute Gasteiger partial charge is 0.324 e. The van der Waals surface area contributed by atoms with E-state index < -0.39 is 10.2 Å². The molecule has 134 valence electrons. The number of halogens is 1. The van der Waals surface area contributed by atoms with Crippen molar-refractivity contribution in [2.45, 2.75) is 37.7 Å². The molecule has 0 fully saturated rings. The fourth-order valence-corrected chi connectivity index (χ4v) is 2.87. The van der Waals surface area contributed by atoms with Gasteiger partial charge in [0.25, 0.3) is 5.69 Å². The number of anilines is 1. The Kier molecular flexibility index (Phi) is 6.32. The first-order chi connectivity index (χ1) is 11.8. The van der Waals surface area contributed by atoms with Gasteiger partial charge in [-0.15, -0.1) is 5.10 Å². The van der Waals surface area contributed by atoms with Gasteiger partial charge in [-0.1, -0.05) is 37.2 Å². The molecule has 1 aromatic carbocycles. The molecule has 2 rings (SSSR count). The Labute approximate surface area is 153 Å². The highest BCUT2D eigenvalue weighted by Gasteiger charge is 2.20. The van der Waals surface area contributed by atoms with Crippen molar-refractivity contribution in [1.29, 1.82) is 0 Å². The number of amides is 1. The van der Waals surface area contributed by atoms with Gasteiger partial charge in [-0.3, -0.25) is 14.9 Å². The second-order valence-electron chi connectivity index (χ2n) is 5.71. The Bertz CT molecular complexity index is 782. The number of nitro groups is 1. The minimum absolute atomic E-state index is 0.152. The number of rotatable bonds is 7. The minimum atomic E-state index is -0.551. The van der Waals surface area contributed by atoms with Crippen LogP contribution in [-0.2, 0) is 11.3 Å². The predicted molar refractivity (Wildman–Crippen MR) is 94.7 cm³/mol. The lowest BCUT2D eigenvalue weighted by Gasteiger charge is -2.13. The van der Waals surface area contributed by atoms with Gasteiger partial charge in [-0.05, 0) is 29.3 Å². The van der Waals surface area contributed by atoms with E-state index in [1.165, 1.54) is 30.0 Å². The van der Waals surface area contributed by atoms with Crippen LogP contribution < -0.4 is 5.32 Å². The molecule has 0 spiro atoms. The van der Waals surface area contributed by atoms with E-state index in [0.29, 0.717) is 17.6 Å². The molecule has 0 saturated heterocycles. The van der Waals surface area contributed by atoms with Gasteiger partial charge in [0.05, 0.1) is 20.9 Å². The molecule has 0 bridgehead atoms. The molecule has 0 aliphatic rings. The van der Waals surface area contributed by atoms with Crippen molar-refractivity contribution in [2.75, 3.05) is 5.32 Å². The summed E-state index contributed by atoms with van der Waals surface area (Å²) >= 11 is 7.19. The third-order valence-corrected chi connectivity index (χ3v) is 4.51. The highest BCUT2D eigenvalue weighted by Crippen LogP contribution is 2.28. The molecular weight excluding hydrogens is 368 g/mol. The molecule has 1 aromatic heterocycles. The van der Waals surface area contributed by atoms with Gasteiger partial charge in [-0.2, -0.15) is 0 Å². The second-order valence-corrected chi connectivity index (χ2v) is 7.42. The van der Waals surface area contributed by atoms with Crippen molar-refractivity contribution in [3.05, 3.63) is 33.3 Å². The summed E-state index contributed by atoms with van der Waals surface area (Å²) in [7, 11) is 0. The number of carbonyl (C=O) groups excluding carboxylic acids is 1. The van der Waals surface area contributed by atoms with Crippen molar-refractivity contribution in [1.82, 2.24) is 20.2 Å². The Morgan fingerprint density at radius 2 is 2.16 bits per heavy atom. The lowest BCUT2D eigenvalue weighted by atomic mass is 10.2. The Morgan fingerprint density at radius 3 is 2.80 bits per heavy atom. The number of hydrogen-bond donors (Lipinski definition) is 1. The first-order valence-electron chi connectivity index (χ1n) is 7.45. The average Bonchev–Trinajstić information content (AvgIpc) is 2.95. The number of thioether (sulfide) groups is 1. The average molecular weight is 385 g/mol. The molecule has 0 saturated carbocycles. The number of hydrogen-bond acceptors (Lipinski definition) is 7. The van der Waals surface area contributed by atoms with E-state index in [4.69, 9.17) is 11.6 Å². The summed E-state index contributed by atoms with van der Waals surface area (Å²) in [5.74, 6) is 0.00199. The van der Waals surface area contributed by atoms with E-state index in [9.17, 15) is 14.9 Å². The van der Waals surface area contributed by atoms with Crippen LogP contribution >= 0.6 is 23.4 Å². The van der Waals surface area contributed by atoms with Crippen LogP contribution in [0.25, 0.3) is 0 Å². The van der Waals surface area contributed by atoms with Crippen molar-refractivity contribution in [3.8, 4) is 0 Å². The topological polar surface area (TPSA) is 116 Å². The maximum Gasteiger partial charge on any atom is 0.271 e. The standard InChI is InChI=1S/C14H17ClN6O3S/c1-8(2)7-20-14(17-18-19-20)25-9(3)13(22)16-12-6-10(21(23)24)4-5-11(12)15/h4-6,8-9H,7H2,1-3H3,(H,16,22). The van der Waals surface area contributed by atoms with Crippen LogP contribution in [-0.4, -0.2) is 36.3 Å². The van der Waals surface area contributed by atoms with E-state index >= 15 is 0 Å². The number of nitrogens with one attached hydrogen (secondary N) is 1. The zero-order chi connectivity index (χ0) is 18.6. The molecule has 11 heteroatoms. The Morgan fingerprint density at radius 1 is 1.44 bits per heavy atom. The van der Waals surface area contributed by atoms with Crippen LogP contribution in [0, 0.1) is 16.0 Å². The van der Waals surface area contributed by atoms with E-state index in [1.807, 2.05) is 13.8 Å². The quantitative estimate of drug-likeness (QED) is 0.443. The number of non-ortho nitro benzene ring substituents is 1. The fourth-order valence-electron chi connectivity index (χ4n) is 1.91. The summed E-state index contributed by atoms with van der Waals surface area (Å²) in [4.78, 5) is 22.7. The Balaban J connectivity index is 2.07. The number of nitrogens with zero attached hydrogens (tertiary/aromatic N) is 5. The van der Waals surface area contributed by atoms with Crippen molar-refractivity contribution >= 4 is 40.6 Å². The number of nitro benzene ring substituents is 1. The summed E-state index contributed by atoms with van der Waals surface area (Å²) < 4.78 is 1.64. The van der Waals surface area contributed by atoms with Gasteiger partial charge >= 0.3 is 0 Å². The molecular formula is C14H17ClN6O3S. The van der Waals surface area contributed by atoms with Gasteiger partial charge in [0, 0.05) is 18.7 Å². The fraction of sp³-hybridized carbons (Fsp3) is 0.429. The first kappa shape index (κ1) is 19.1. The third-order valence-electron chi connectivity index (χ3n) is 3.11. The van der Waals surface area contributed by atoms with Gasteiger partial charge in [0.2, 0.25) is 11.1 Å². The van der Waals surface area contributed by atoms with E-state index in [1.54, 1.807) is 11.6 Å². The van der Waals surface area contributed by atoms with Crippen molar-refractivity contribution < 1.29 is 9.72 Å². The normalized spacial score (nSPS) is 12.2. The third kappa shape index (κ3) is 5.13. The summed E-state index contributed by atoms with van der Waals surface area (Å²) in [6, 6.07) is 3.87. The second kappa shape index (κ2) is 8.26. The van der Waals surface area contributed by atoms with Crippen molar-refractivity contribution in [2.24, 2.45) is 5.92 Å². The highest BCUT2D eigenvalue weighted by molar-refractivity contribution is 8.00. The zero-order valence-electron chi connectivity index (χ0n) is 13.8. The molecule has 2 aromatic rings. The molecule has 0 aliphatic carbocycles. The molecule has 25 heavy (non-hydrogen) atoms. The van der Waals surface area contributed by atoms with Gasteiger partial charge < -0.3 is 5.32 Å². The highest BCUT2D eigenvalue weighted by atomic mass is 35.5. The molecule has 0 aliphatic heterocycles. The van der Waals surface area contributed by atoms with Crippen LogP contribution in [0.4, 0.5) is 11.4 Å². The van der Waals surface area contributed by atoms with E-state index in [0.717, 1.165) is 0 Å². The number of tetrazole rings is 1. The minimum Gasteiger partial charge on any atom is -0.324 e. The number of aromatic nitrogens is 4. The van der Waals surface area contributed by atoms with E-state index in [-0.39, 0.29) is 22.3 Å². The van der Waals surface area contributed by atoms with Gasteiger partial charge in [0.1, 0.15) is 0 Å². The molecule has 1 N–H and O–H groups in total. The molecule has 1 unspecified atom stereocenters. The van der Waals surface area contributed by atoms with Gasteiger partial charge in [-0.25, -0.2) is 4.68 Å².